The molecule has 0 bridgehead atoms. The van der Waals surface area contributed by atoms with Gasteiger partial charge < -0.3 is 9.80 Å². The topological polar surface area (TPSA) is 40.6 Å². The van der Waals surface area contributed by atoms with Gasteiger partial charge >= 0.3 is 0 Å². The van der Waals surface area contributed by atoms with Crippen molar-refractivity contribution < 1.29 is 9.59 Å². The quantitative estimate of drug-likeness (QED) is 0.835. The lowest BCUT2D eigenvalue weighted by Crippen LogP contribution is -2.46. The van der Waals surface area contributed by atoms with Gasteiger partial charge in [0.05, 0.1) is 5.41 Å². The summed E-state index contributed by atoms with van der Waals surface area (Å²) in [5.41, 5.74) is 2.17. The summed E-state index contributed by atoms with van der Waals surface area (Å²) in [5, 5.41) is 0. The van der Waals surface area contributed by atoms with Crippen molar-refractivity contribution >= 4 is 17.5 Å². The minimum Gasteiger partial charge on any atom is -0.343 e. The average molecular weight is 362 g/mol. The molecular formula is C23H26N2O2. The van der Waals surface area contributed by atoms with Crippen molar-refractivity contribution in [3.8, 4) is 0 Å². The van der Waals surface area contributed by atoms with Crippen LogP contribution in [0.4, 0.5) is 5.69 Å². The Balaban J connectivity index is 1.74. The Hall–Kier alpha value is -2.62. The summed E-state index contributed by atoms with van der Waals surface area (Å²) in [6.07, 6.45) is 4.09. The minimum atomic E-state index is -0.818. The number of hydrogen-bond donors (Lipinski definition) is 0. The van der Waals surface area contributed by atoms with Gasteiger partial charge in [0.25, 0.3) is 0 Å². The summed E-state index contributed by atoms with van der Waals surface area (Å²) < 4.78 is 0. The van der Waals surface area contributed by atoms with Crippen molar-refractivity contribution in [2.24, 2.45) is 0 Å². The van der Waals surface area contributed by atoms with E-state index < -0.39 is 5.41 Å². The zero-order valence-corrected chi connectivity index (χ0v) is 15.9. The average Bonchev–Trinajstić information content (AvgIpc) is 2.92. The number of anilines is 1. The van der Waals surface area contributed by atoms with E-state index in [1.54, 1.807) is 4.90 Å². The van der Waals surface area contributed by atoms with Crippen molar-refractivity contribution in [1.29, 1.82) is 0 Å². The van der Waals surface area contributed by atoms with Crippen LogP contribution in [-0.2, 0) is 21.4 Å². The number of likely N-dealkylation sites (N-methyl/N-ethyl adjacent to an activating group) is 1. The molecule has 1 unspecified atom stereocenters. The lowest BCUT2D eigenvalue weighted by atomic mass is 9.73. The van der Waals surface area contributed by atoms with E-state index in [-0.39, 0.29) is 18.2 Å². The number of carbonyl (C=O) groups excluding carboxylic acids is 2. The molecule has 0 saturated carbocycles. The number of nitrogens with zero attached hydrogens (tertiary/aromatic N) is 2. The van der Waals surface area contributed by atoms with Crippen LogP contribution in [0.3, 0.4) is 0 Å². The molecule has 2 amide bonds. The van der Waals surface area contributed by atoms with Crippen molar-refractivity contribution in [3.63, 3.8) is 0 Å². The number of carbonyl (C=O) groups is 2. The molecular weight excluding hydrogens is 336 g/mol. The number of piperidine rings is 1. The molecule has 1 atom stereocenters. The molecule has 0 radical (unpaired) electrons. The number of para-hydroxylation sites is 1. The standard InChI is InChI=1S/C23H26N2O2/c1-24-20-13-7-6-12-19(20)23(22(24)27,16-18-10-4-2-5-11-18)17-21(26)25-14-8-3-9-15-25/h2,4-7,10-13H,3,8-9,14-17H2,1H3. The van der Waals surface area contributed by atoms with Gasteiger partial charge in [-0.25, -0.2) is 0 Å². The molecule has 0 aromatic heterocycles. The van der Waals surface area contributed by atoms with Gasteiger partial charge in [-0.15, -0.1) is 0 Å². The molecule has 0 aliphatic carbocycles. The maximum absolute atomic E-state index is 13.5. The molecule has 4 rings (SSSR count). The van der Waals surface area contributed by atoms with E-state index in [9.17, 15) is 9.59 Å². The van der Waals surface area contributed by atoms with E-state index in [1.807, 2.05) is 66.5 Å². The molecule has 1 saturated heterocycles. The third kappa shape index (κ3) is 3.14. The maximum atomic E-state index is 13.5. The Kier molecular flexibility index (Phi) is 4.73. The third-order valence-corrected chi connectivity index (χ3v) is 6.01. The summed E-state index contributed by atoms with van der Waals surface area (Å²) >= 11 is 0. The van der Waals surface area contributed by atoms with Gasteiger partial charge in [-0.05, 0) is 42.9 Å². The van der Waals surface area contributed by atoms with E-state index in [0.717, 1.165) is 42.7 Å². The first-order chi connectivity index (χ1) is 13.1. The Bertz CT molecular complexity index is 842. The van der Waals surface area contributed by atoms with Crippen molar-refractivity contribution in [3.05, 3.63) is 65.7 Å². The third-order valence-electron chi connectivity index (χ3n) is 6.01. The van der Waals surface area contributed by atoms with Gasteiger partial charge in [0.15, 0.2) is 0 Å². The highest BCUT2D eigenvalue weighted by Gasteiger charge is 2.51. The molecule has 27 heavy (non-hydrogen) atoms. The molecule has 4 nitrogen and oxygen atoms in total. The molecule has 1 fully saturated rings. The zero-order chi connectivity index (χ0) is 18.9. The van der Waals surface area contributed by atoms with E-state index in [0.29, 0.717) is 6.42 Å². The van der Waals surface area contributed by atoms with Gasteiger partial charge in [0.2, 0.25) is 11.8 Å². The summed E-state index contributed by atoms with van der Waals surface area (Å²) in [6, 6.07) is 18.0. The van der Waals surface area contributed by atoms with Gasteiger partial charge in [0.1, 0.15) is 0 Å². The molecule has 2 aromatic rings. The smallest absolute Gasteiger partial charge is 0.238 e. The van der Waals surface area contributed by atoms with Crippen LogP contribution in [0.1, 0.15) is 36.8 Å². The zero-order valence-electron chi connectivity index (χ0n) is 15.9. The predicted octanol–water partition coefficient (Wildman–Crippen LogP) is 3.55. The second-order valence-electron chi connectivity index (χ2n) is 7.74. The van der Waals surface area contributed by atoms with Gasteiger partial charge in [-0.1, -0.05) is 48.5 Å². The maximum Gasteiger partial charge on any atom is 0.238 e. The number of amides is 2. The first-order valence-electron chi connectivity index (χ1n) is 9.81. The Morgan fingerprint density at radius 3 is 2.37 bits per heavy atom. The lowest BCUT2D eigenvalue weighted by Gasteiger charge is -2.33. The molecule has 4 heteroatoms. The lowest BCUT2D eigenvalue weighted by molar-refractivity contribution is -0.137. The van der Waals surface area contributed by atoms with Crippen LogP contribution in [0.15, 0.2) is 54.6 Å². The predicted molar refractivity (Wildman–Crippen MR) is 107 cm³/mol. The fourth-order valence-corrected chi connectivity index (χ4v) is 4.58. The van der Waals surface area contributed by atoms with Crippen LogP contribution in [0.5, 0.6) is 0 Å². The van der Waals surface area contributed by atoms with Gasteiger partial charge in [-0.3, -0.25) is 9.59 Å². The highest BCUT2D eigenvalue weighted by molar-refractivity contribution is 6.09. The van der Waals surface area contributed by atoms with Crippen LogP contribution in [0.25, 0.3) is 0 Å². The normalized spacial score (nSPS) is 22.0. The second kappa shape index (κ2) is 7.18. The highest BCUT2D eigenvalue weighted by atomic mass is 16.2. The fraction of sp³-hybridized carbons (Fsp3) is 0.391. The Morgan fingerprint density at radius 1 is 0.963 bits per heavy atom. The largest absolute Gasteiger partial charge is 0.343 e. The molecule has 2 heterocycles. The Morgan fingerprint density at radius 2 is 1.63 bits per heavy atom. The van der Waals surface area contributed by atoms with Crippen molar-refractivity contribution in [2.75, 3.05) is 25.0 Å². The first-order valence-corrected chi connectivity index (χ1v) is 9.81. The Labute approximate surface area is 160 Å². The van der Waals surface area contributed by atoms with Crippen molar-refractivity contribution in [1.82, 2.24) is 4.90 Å². The van der Waals surface area contributed by atoms with Crippen LogP contribution < -0.4 is 4.90 Å². The summed E-state index contributed by atoms with van der Waals surface area (Å²) in [7, 11) is 1.82. The number of rotatable bonds is 4. The van der Waals surface area contributed by atoms with Crippen LogP contribution in [-0.4, -0.2) is 36.9 Å². The van der Waals surface area contributed by atoms with Crippen LogP contribution in [0.2, 0.25) is 0 Å². The second-order valence-corrected chi connectivity index (χ2v) is 7.74. The van der Waals surface area contributed by atoms with Gasteiger partial charge in [0, 0.05) is 32.2 Å². The molecule has 2 aromatic carbocycles. The van der Waals surface area contributed by atoms with Gasteiger partial charge in [-0.2, -0.15) is 0 Å². The van der Waals surface area contributed by atoms with Crippen LogP contribution in [0, 0.1) is 0 Å². The molecule has 2 aliphatic heterocycles. The molecule has 140 valence electrons. The van der Waals surface area contributed by atoms with E-state index in [1.165, 1.54) is 6.42 Å². The number of likely N-dealkylation sites (tertiary alicyclic amines) is 1. The fourth-order valence-electron chi connectivity index (χ4n) is 4.58. The molecule has 0 spiro atoms. The summed E-state index contributed by atoms with van der Waals surface area (Å²) in [4.78, 5) is 30.3. The number of fused-ring (bicyclic) bond motifs is 1. The monoisotopic (exact) mass is 362 g/mol. The first kappa shape index (κ1) is 17.8. The molecule has 0 N–H and O–H groups in total. The van der Waals surface area contributed by atoms with E-state index in [2.05, 4.69) is 0 Å². The summed E-state index contributed by atoms with van der Waals surface area (Å²) in [6.45, 7) is 1.62. The SMILES string of the molecule is CN1C(=O)C(CC(=O)N2CCCCC2)(Cc2ccccc2)c2ccccc21. The van der Waals surface area contributed by atoms with Crippen molar-refractivity contribution in [2.45, 2.75) is 37.5 Å². The van der Waals surface area contributed by atoms with Crippen LogP contribution >= 0.6 is 0 Å². The minimum absolute atomic E-state index is 0.0258. The van der Waals surface area contributed by atoms with E-state index >= 15 is 0 Å². The number of benzene rings is 2. The number of hydrogen-bond acceptors (Lipinski definition) is 2. The molecule has 2 aliphatic rings. The highest BCUT2D eigenvalue weighted by Crippen LogP contribution is 2.45. The summed E-state index contributed by atoms with van der Waals surface area (Å²) in [5.74, 6) is 0.127. The van der Waals surface area contributed by atoms with E-state index in [4.69, 9.17) is 0 Å².